The predicted octanol–water partition coefficient (Wildman–Crippen LogP) is 9.38. The molecule has 1 aliphatic heterocycles. The number of carbonyl (C=O) groups excluding carboxylic acids is 3. The Kier molecular flexibility index (Phi) is 10.3. The van der Waals surface area contributed by atoms with E-state index in [2.05, 4.69) is 60.4 Å². The van der Waals surface area contributed by atoms with Gasteiger partial charge < -0.3 is 14.7 Å². The van der Waals surface area contributed by atoms with Gasteiger partial charge in [0.25, 0.3) is 0 Å². The first kappa shape index (κ1) is 41.4. The lowest BCUT2D eigenvalue weighted by molar-refractivity contribution is -0.234. The number of esters is 1. The third-order valence-corrected chi connectivity index (χ3v) is 17.7. The van der Waals surface area contributed by atoms with E-state index in [4.69, 9.17) is 16.3 Å². The van der Waals surface area contributed by atoms with Gasteiger partial charge in [-0.1, -0.05) is 77.8 Å². The molecule has 1 N–H and O–H groups in total. The van der Waals surface area contributed by atoms with Gasteiger partial charge in [-0.2, -0.15) is 0 Å². The van der Waals surface area contributed by atoms with Crippen LogP contribution >= 0.6 is 11.6 Å². The Morgan fingerprint density at radius 1 is 0.929 bits per heavy atom. The highest BCUT2D eigenvalue weighted by molar-refractivity contribution is 6.30. The van der Waals surface area contributed by atoms with E-state index < -0.39 is 17.4 Å². The molecule has 308 valence electrons. The number of benzene rings is 1. The number of nitrogens with zero attached hydrogens (tertiary/aromatic N) is 2. The number of ether oxygens (including phenoxy) is 1. The fourth-order valence-electron chi connectivity index (χ4n) is 14.3. The number of amides is 1. The van der Waals surface area contributed by atoms with Gasteiger partial charge in [0.05, 0.1) is 18.4 Å². The van der Waals surface area contributed by atoms with Crippen LogP contribution in [0.1, 0.15) is 132 Å². The Hall–Kier alpha value is -2.71. The lowest BCUT2D eigenvalue weighted by Gasteiger charge is -2.72. The van der Waals surface area contributed by atoms with Gasteiger partial charge in [-0.15, -0.1) is 0 Å². The first-order valence-corrected chi connectivity index (χ1v) is 21.8. The Bertz CT molecular complexity index is 1820. The van der Waals surface area contributed by atoms with Crippen molar-refractivity contribution >= 4 is 35.2 Å². The molecule has 9 atom stereocenters. The quantitative estimate of drug-likeness (QED) is 0.262. The molecular weight excluding hydrogens is 724 g/mol. The summed E-state index contributed by atoms with van der Waals surface area (Å²) < 4.78 is 6.20. The number of likely N-dealkylation sites (N-methyl/N-ethyl adjacent to an activating group) is 1. The molecule has 8 nitrogen and oxygen atoms in total. The molecule has 0 aromatic heterocycles. The van der Waals surface area contributed by atoms with Gasteiger partial charge in [-0.05, 0) is 135 Å². The van der Waals surface area contributed by atoms with E-state index >= 15 is 0 Å². The summed E-state index contributed by atoms with van der Waals surface area (Å²) in [5.74, 6) is 0.349. The van der Waals surface area contributed by atoms with Crippen LogP contribution in [0.5, 0.6) is 0 Å². The number of carboxylic acids is 1. The molecule has 9 heteroatoms. The molecule has 1 aromatic carbocycles. The van der Waals surface area contributed by atoms with Gasteiger partial charge in [-0.25, -0.2) is 0 Å². The minimum atomic E-state index is -1.17. The number of rotatable bonds is 8. The summed E-state index contributed by atoms with van der Waals surface area (Å²) in [7, 11) is 2.10. The summed E-state index contributed by atoms with van der Waals surface area (Å²) in [6, 6.07) is 7.85. The SMILES string of the molecule is CC(C)C1=C2[C@H]3CC[C@@H]4[C@@]5(C)CC[C@H](OC(=O)CC(C)(C)C(=O)O)C(C)(C)[C@@H]5CC[C@@]4(C)[C@]3(C)CCC2([C@@H]2CN(Cc3ccc(Cl)cc3)C(=O)CN2C)CC1=O. The maximum Gasteiger partial charge on any atom is 0.309 e. The summed E-state index contributed by atoms with van der Waals surface area (Å²) in [5, 5.41) is 10.3. The zero-order valence-electron chi connectivity index (χ0n) is 35.7. The summed E-state index contributed by atoms with van der Waals surface area (Å²) >= 11 is 6.21. The molecule has 0 radical (unpaired) electrons. The summed E-state index contributed by atoms with van der Waals surface area (Å²) in [6.07, 6.45) is 8.26. The minimum absolute atomic E-state index is 0.00934. The second-order valence-electron chi connectivity index (χ2n) is 21.4. The highest BCUT2D eigenvalue weighted by Crippen LogP contribution is 2.77. The van der Waals surface area contributed by atoms with Crippen LogP contribution < -0.4 is 0 Å². The minimum Gasteiger partial charge on any atom is -0.481 e. The van der Waals surface area contributed by atoms with Crippen LogP contribution in [-0.2, 0) is 30.5 Å². The lowest BCUT2D eigenvalue weighted by atomic mass is 9.32. The van der Waals surface area contributed by atoms with Crippen molar-refractivity contribution in [2.45, 2.75) is 145 Å². The number of hydrogen-bond acceptors (Lipinski definition) is 6. The summed E-state index contributed by atoms with van der Waals surface area (Å²) in [4.78, 5) is 57.3. The van der Waals surface area contributed by atoms with Gasteiger partial charge in [0.1, 0.15) is 6.10 Å². The van der Waals surface area contributed by atoms with Crippen molar-refractivity contribution in [3.63, 3.8) is 0 Å². The normalized spacial score (nSPS) is 38.5. The highest BCUT2D eigenvalue weighted by Gasteiger charge is 2.71. The number of hydrogen-bond donors (Lipinski definition) is 1. The number of Topliss-reactive ketones (excluding diaryl/α,β-unsaturated/α-hetero) is 1. The fraction of sp³-hybridized carbons (Fsp3) is 0.745. The van der Waals surface area contributed by atoms with E-state index in [0.717, 1.165) is 62.5 Å². The Morgan fingerprint density at radius 2 is 1.61 bits per heavy atom. The van der Waals surface area contributed by atoms with E-state index in [0.29, 0.717) is 54.6 Å². The third kappa shape index (κ3) is 6.23. The second-order valence-corrected chi connectivity index (χ2v) is 21.8. The summed E-state index contributed by atoms with van der Waals surface area (Å²) in [5.41, 5.74) is 2.01. The van der Waals surface area contributed by atoms with Gasteiger partial charge in [0.2, 0.25) is 5.91 Å². The number of ketones is 1. The van der Waals surface area contributed by atoms with Crippen LogP contribution in [0, 0.1) is 56.2 Å². The maximum absolute atomic E-state index is 14.4. The average Bonchev–Trinajstić information content (AvgIpc) is 3.41. The van der Waals surface area contributed by atoms with Gasteiger partial charge in [-0.3, -0.25) is 24.1 Å². The molecule has 1 amide bonds. The molecule has 1 aromatic rings. The molecule has 0 bridgehead atoms. The van der Waals surface area contributed by atoms with Crippen molar-refractivity contribution in [1.82, 2.24) is 9.80 Å². The van der Waals surface area contributed by atoms with E-state index in [-0.39, 0.29) is 57.5 Å². The molecule has 56 heavy (non-hydrogen) atoms. The number of carbonyl (C=O) groups is 4. The van der Waals surface area contributed by atoms with Crippen molar-refractivity contribution in [2.75, 3.05) is 20.1 Å². The third-order valence-electron chi connectivity index (χ3n) is 17.4. The van der Waals surface area contributed by atoms with E-state index in [1.165, 1.54) is 5.57 Å². The number of carboxylic acid groups (broad SMARTS) is 1. The molecule has 4 saturated carbocycles. The molecule has 7 rings (SSSR count). The number of halogens is 1. The largest absolute Gasteiger partial charge is 0.481 e. The van der Waals surface area contributed by atoms with Crippen molar-refractivity contribution in [1.29, 1.82) is 0 Å². The van der Waals surface area contributed by atoms with E-state index in [1.807, 2.05) is 29.2 Å². The van der Waals surface area contributed by atoms with Crippen LogP contribution in [-0.4, -0.2) is 70.8 Å². The molecule has 1 heterocycles. The molecule has 0 spiro atoms. The zero-order valence-corrected chi connectivity index (χ0v) is 36.5. The highest BCUT2D eigenvalue weighted by atomic mass is 35.5. The number of fused-ring (bicyclic) bond motifs is 7. The van der Waals surface area contributed by atoms with Crippen LogP contribution in [0.2, 0.25) is 5.02 Å². The van der Waals surface area contributed by atoms with E-state index in [1.54, 1.807) is 13.8 Å². The Balaban J connectivity index is 1.19. The van der Waals surface area contributed by atoms with E-state index in [9.17, 15) is 24.3 Å². The van der Waals surface area contributed by atoms with Crippen molar-refractivity contribution < 1.29 is 29.0 Å². The van der Waals surface area contributed by atoms with Crippen LogP contribution in [0.4, 0.5) is 0 Å². The monoisotopic (exact) mass is 790 g/mol. The predicted molar refractivity (Wildman–Crippen MR) is 219 cm³/mol. The van der Waals surface area contributed by atoms with Gasteiger partial charge in [0.15, 0.2) is 5.78 Å². The number of allylic oxidation sites excluding steroid dienone is 1. The molecule has 1 saturated heterocycles. The average molecular weight is 792 g/mol. The standard InChI is InChI=1S/C47H67ClN2O6/c1-28(2)39-32(51)23-47(35-26-50(37(52)27-49(35)10)25-29-11-13-30(48)14-12-29)22-21-45(8)31(40(39)47)15-16-34-44(7)19-18-36(56-38(53)24-42(3,4)41(54)55)43(5,6)33(44)17-20-46(34,45)9/h11-14,28,31,33-36H,15-27H2,1-10H3,(H,54,55)/t31-,33+,34-,35+,36+,44+,45-,46-,47?/m1/s1. The Morgan fingerprint density at radius 3 is 2.25 bits per heavy atom. The van der Waals surface area contributed by atoms with Crippen molar-refractivity contribution in [2.24, 2.45) is 56.2 Å². The molecule has 6 aliphatic rings. The van der Waals surface area contributed by atoms with Crippen LogP contribution in [0.15, 0.2) is 35.4 Å². The topological polar surface area (TPSA) is 104 Å². The zero-order chi connectivity index (χ0) is 41.0. The number of piperazine rings is 1. The second kappa shape index (κ2) is 14.0. The van der Waals surface area contributed by atoms with Crippen LogP contribution in [0.3, 0.4) is 0 Å². The van der Waals surface area contributed by atoms with Gasteiger partial charge >= 0.3 is 11.9 Å². The molecule has 1 unspecified atom stereocenters. The molecule has 5 aliphatic carbocycles. The first-order valence-electron chi connectivity index (χ1n) is 21.4. The lowest BCUT2D eigenvalue weighted by Crippen LogP contribution is -2.67. The number of aliphatic carboxylic acids is 1. The Labute approximate surface area is 340 Å². The first-order chi connectivity index (χ1) is 26.0. The molecular formula is C47H67ClN2O6. The smallest absolute Gasteiger partial charge is 0.309 e. The molecule has 5 fully saturated rings. The van der Waals surface area contributed by atoms with Crippen LogP contribution in [0.25, 0.3) is 0 Å². The maximum atomic E-state index is 14.4. The van der Waals surface area contributed by atoms with Gasteiger partial charge in [0, 0.05) is 41.4 Å². The van der Waals surface area contributed by atoms with Crippen molar-refractivity contribution in [3.05, 3.63) is 46.0 Å². The fourth-order valence-corrected chi connectivity index (χ4v) is 14.5. The van der Waals surface area contributed by atoms with Crippen molar-refractivity contribution in [3.8, 4) is 0 Å². The summed E-state index contributed by atoms with van der Waals surface area (Å²) in [6.45, 7) is 21.4.